The Morgan fingerprint density at radius 2 is 2.09 bits per heavy atom. The molecule has 0 amide bonds. The molecule has 0 saturated heterocycles. The lowest BCUT2D eigenvalue weighted by Crippen LogP contribution is -1.87. The first-order valence-corrected chi connectivity index (χ1v) is 4.23. The Bertz CT molecular complexity index is 235. The lowest BCUT2D eigenvalue weighted by Gasteiger charge is -2.08. The lowest BCUT2D eigenvalue weighted by molar-refractivity contribution is 0.467. The molecular formula is C9H12OS. The predicted octanol–water partition coefficient (Wildman–Crippen LogP) is 2.77. The molecule has 0 fully saturated rings. The summed E-state index contributed by atoms with van der Waals surface area (Å²) in [6.07, 6.45) is 0.931. The monoisotopic (exact) mass is 168 g/mol. The molecule has 0 bridgehead atoms. The highest BCUT2D eigenvalue weighted by molar-refractivity contribution is 7.80. The molecule has 0 aliphatic heterocycles. The zero-order chi connectivity index (χ0) is 8.27. The summed E-state index contributed by atoms with van der Waals surface area (Å²) in [5.74, 6) is 0.342. The first kappa shape index (κ1) is 8.47. The van der Waals surface area contributed by atoms with Crippen LogP contribution in [0.1, 0.15) is 24.2 Å². The minimum Gasteiger partial charge on any atom is -0.508 e. The molecule has 60 valence electrons. The van der Waals surface area contributed by atoms with E-state index in [9.17, 15) is 5.11 Å². The van der Waals surface area contributed by atoms with E-state index in [4.69, 9.17) is 0 Å². The van der Waals surface area contributed by atoms with Crippen molar-refractivity contribution in [3.05, 3.63) is 29.8 Å². The number of phenols is 1. The summed E-state index contributed by atoms with van der Waals surface area (Å²) in [6, 6.07) is 7.31. The second kappa shape index (κ2) is 3.67. The summed E-state index contributed by atoms with van der Waals surface area (Å²) in [4.78, 5) is 0. The molecule has 0 saturated carbocycles. The maximum Gasteiger partial charge on any atom is 0.119 e. The van der Waals surface area contributed by atoms with E-state index in [1.165, 1.54) is 0 Å². The van der Waals surface area contributed by atoms with Crippen LogP contribution in [0.15, 0.2) is 24.3 Å². The molecule has 0 aliphatic rings. The standard InChI is InChI=1S/C9H12OS/c1-2-9(11)7-5-3-4-6-8(7)10/h3-6,9-11H,2H2,1H3. The van der Waals surface area contributed by atoms with E-state index < -0.39 is 0 Å². The Kier molecular flexibility index (Phi) is 2.83. The van der Waals surface area contributed by atoms with Crippen LogP contribution < -0.4 is 0 Å². The number of hydrogen-bond donors (Lipinski definition) is 2. The summed E-state index contributed by atoms with van der Waals surface area (Å²) < 4.78 is 0. The number of rotatable bonds is 2. The van der Waals surface area contributed by atoms with Gasteiger partial charge in [0.2, 0.25) is 0 Å². The van der Waals surface area contributed by atoms with Gasteiger partial charge in [0.15, 0.2) is 0 Å². The van der Waals surface area contributed by atoms with Crippen molar-refractivity contribution in [3.63, 3.8) is 0 Å². The molecular weight excluding hydrogens is 156 g/mol. The van der Waals surface area contributed by atoms with Crippen LogP contribution in [0.4, 0.5) is 0 Å². The van der Waals surface area contributed by atoms with Gasteiger partial charge in [0.05, 0.1) is 0 Å². The van der Waals surface area contributed by atoms with Crippen molar-refractivity contribution in [3.8, 4) is 5.75 Å². The van der Waals surface area contributed by atoms with E-state index in [1.54, 1.807) is 6.07 Å². The molecule has 1 rings (SSSR count). The third kappa shape index (κ3) is 1.90. The molecule has 2 heteroatoms. The fourth-order valence-electron chi connectivity index (χ4n) is 0.989. The number of phenolic OH excluding ortho intramolecular Hbond substituents is 1. The summed E-state index contributed by atoms with van der Waals surface area (Å²) >= 11 is 4.33. The van der Waals surface area contributed by atoms with Crippen LogP contribution >= 0.6 is 12.6 Å². The topological polar surface area (TPSA) is 20.2 Å². The maximum absolute atomic E-state index is 9.36. The smallest absolute Gasteiger partial charge is 0.119 e. The average molecular weight is 168 g/mol. The molecule has 0 aromatic heterocycles. The van der Waals surface area contributed by atoms with Gasteiger partial charge in [-0.1, -0.05) is 25.1 Å². The third-order valence-corrected chi connectivity index (χ3v) is 2.33. The lowest BCUT2D eigenvalue weighted by atomic mass is 10.1. The van der Waals surface area contributed by atoms with Crippen molar-refractivity contribution < 1.29 is 5.11 Å². The second-order valence-corrected chi connectivity index (χ2v) is 3.11. The summed E-state index contributed by atoms with van der Waals surface area (Å²) in [7, 11) is 0. The Morgan fingerprint density at radius 3 is 2.64 bits per heavy atom. The number of para-hydroxylation sites is 1. The minimum atomic E-state index is 0.149. The molecule has 1 aromatic rings. The van der Waals surface area contributed by atoms with Gasteiger partial charge >= 0.3 is 0 Å². The molecule has 1 aromatic carbocycles. The molecule has 1 unspecified atom stereocenters. The van der Waals surface area contributed by atoms with Crippen LogP contribution in [0, 0.1) is 0 Å². The second-order valence-electron chi connectivity index (χ2n) is 2.48. The summed E-state index contributed by atoms with van der Waals surface area (Å²) in [6.45, 7) is 2.05. The number of benzene rings is 1. The van der Waals surface area contributed by atoms with Gasteiger partial charge in [0.25, 0.3) is 0 Å². The van der Waals surface area contributed by atoms with Gasteiger partial charge in [0.1, 0.15) is 5.75 Å². The predicted molar refractivity (Wildman–Crippen MR) is 50.1 cm³/mol. The highest BCUT2D eigenvalue weighted by atomic mass is 32.1. The maximum atomic E-state index is 9.36. The van der Waals surface area contributed by atoms with Crippen molar-refractivity contribution in [2.45, 2.75) is 18.6 Å². The van der Waals surface area contributed by atoms with Crippen molar-refractivity contribution in [2.75, 3.05) is 0 Å². The highest BCUT2D eigenvalue weighted by Crippen LogP contribution is 2.29. The van der Waals surface area contributed by atoms with Crippen LogP contribution in [0.2, 0.25) is 0 Å². The molecule has 1 nitrogen and oxygen atoms in total. The molecule has 0 radical (unpaired) electrons. The zero-order valence-corrected chi connectivity index (χ0v) is 7.38. The van der Waals surface area contributed by atoms with Crippen molar-refractivity contribution in [2.24, 2.45) is 0 Å². The van der Waals surface area contributed by atoms with Crippen molar-refractivity contribution >= 4 is 12.6 Å². The Balaban J connectivity index is 2.93. The molecule has 0 spiro atoms. The van der Waals surface area contributed by atoms with Crippen LogP contribution in [-0.2, 0) is 0 Å². The van der Waals surface area contributed by atoms with E-state index in [2.05, 4.69) is 12.6 Å². The summed E-state index contributed by atoms with van der Waals surface area (Å²) in [5.41, 5.74) is 0.915. The van der Waals surface area contributed by atoms with Gasteiger partial charge in [-0.25, -0.2) is 0 Å². The van der Waals surface area contributed by atoms with Crippen LogP contribution in [-0.4, -0.2) is 5.11 Å². The van der Waals surface area contributed by atoms with Gasteiger partial charge < -0.3 is 5.11 Å². The number of thiol groups is 1. The fourth-order valence-corrected chi connectivity index (χ4v) is 1.21. The van der Waals surface area contributed by atoms with Crippen molar-refractivity contribution in [1.29, 1.82) is 0 Å². The Labute approximate surface area is 72.5 Å². The molecule has 0 aliphatic carbocycles. The highest BCUT2D eigenvalue weighted by Gasteiger charge is 2.06. The van der Waals surface area contributed by atoms with Gasteiger partial charge in [0, 0.05) is 10.8 Å². The fraction of sp³-hybridized carbons (Fsp3) is 0.333. The van der Waals surface area contributed by atoms with E-state index in [-0.39, 0.29) is 5.25 Å². The largest absolute Gasteiger partial charge is 0.508 e. The molecule has 1 N–H and O–H groups in total. The van der Waals surface area contributed by atoms with Crippen molar-refractivity contribution in [1.82, 2.24) is 0 Å². The van der Waals surface area contributed by atoms with Gasteiger partial charge in [-0.2, -0.15) is 12.6 Å². The average Bonchev–Trinajstić information content (AvgIpc) is 2.04. The SMILES string of the molecule is CCC(S)c1ccccc1O. The Hall–Kier alpha value is -0.630. The van der Waals surface area contributed by atoms with Gasteiger partial charge in [-0.15, -0.1) is 0 Å². The van der Waals surface area contributed by atoms with E-state index in [1.807, 2.05) is 25.1 Å². The Morgan fingerprint density at radius 1 is 1.45 bits per heavy atom. The first-order chi connectivity index (χ1) is 5.25. The van der Waals surface area contributed by atoms with E-state index >= 15 is 0 Å². The van der Waals surface area contributed by atoms with Gasteiger partial charge in [-0.05, 0) is 12.5 Å². The van der Waals surface area contributed by atoms with Gasteiger partial charge in [-0.3, -0.25) is 0 Å². The van der Waals surface area contributed by atoms with E-state index in [0.29, 0.717) is 5.75 Å². The summed E-state index contributed by atoms with van der Waals surface area (Å²) in [5, 5.41) is 9.51. The zero-order valence-electron chi connectivity index (χ0n) is 6.49. The quantitative estimate of drug-likeness (QED) is 0.651. The number of aromatic hydroxyl groups is 1. The third-order valence-electron chi connectivity index (χ3n) is 1.68. The van der Waals surface area contributed by atoms with E-state index in [0.717, 1.165) is 12.0 Å². The van der Waals surface area contributed by atoms with Crippen LogP contribution in [0.25, 0.3) is 0 Å². The number of hydrogen-bond acceptors (Lipinski definition) is 2. The minimum absolute atomic E-state index is 0.149. The van der Waals surface area contributed by atoms with Crippen LogP contribution in [0.3, 0.4) is 0 Å². The molecule has 0 heterocycles. The molecule has 11 heavy (non-hydrogen) atoms. The first-order valence-electron chi connectivity index (χ1n) is 3.71. The molecule has 1 atom stereocenters. The normalized spacial score (nSPS) is 12.9. The van der Waals surface area contributed by atoms with Crippen LogP contribution in [0.5, 0.6) is 5.75 Å².